The van der Waals surface area contributed by atoms with Gasteiger partial charge in [-0.05, 0) is 29.7 Å². The number of carbonyl (C=O) groups excluding carboxylic acids is 2. The van der Waals surface area contributed by atoms with Crippen LogP contribution in [0.15, 0.2) is 90.5 Å². The normalized spacial score (nSPS) is 18.0. The van der Waals surface area contributed by atoms with Crippen molar-refractivity contribution in [3.05, 3.63) is 113 Å². The third-order valence-electron chi connectivity index (χ3n) is 5.26. The maximum absolute atomic E-state index is 13.5. The highest BCUT2D eigenvalue weighted by Gasteiger charge is 2.45. The molecule has 1 aliphatic rings. The Morgan fingerprint density at radius 2 is 1.47 bits per heavy atom. The van der Waals surface area contributed by atoms with Gasteiger partial charge in [0.1, 0.15) is 11.6 Å². The van der Waals surface area contributed by atoms with Crippen LogP contribution in [0, 0.1) is 5.82 Å². The number of ketones is 1. The summed E-state index contributed by atoms with van der Waals surface area (Å²) in [6.07, 6.45) is 0.553. The first-order valence-electron chi connectivity index (χ1n) is 9.69. The SMILES string of the molecule is O=C1C(=O)N(CCc2ccccc2)C(c2ccc(F)cc2)/C1=C(\O)c1ccccc1. The third kappa shape index (κ3) is 3.74. The van der Waals surface area contributed by atoms with Gasteiger partial charge in [0.2, 0.25) is 0 Å². The smallest absolute Gasteiger partial charge is 0.295 e. The van der Waals surface area contributed by atoms with Gasteiger partial charge >= 0.3 is 0 Å². The summed E-state index contributed by atoms with van der Waals surface area (Å²) >= 11 is 0. The standard InChI is InChI=1S/C25H20FNO3/c26-20-13-11-18(12-14-20)22-21(23(28)19-9-5-2-6-10-19)24(29)25(30)27(22)16-15-17-7-3-1-4-8-17/h1-14,22,28H,15-16H2/b23-21+. The lowest BCUT2D eigenvalue weighted by molar-refractivity contribution is -0.139. The van der Waals surface area contributed by atoms with Gasteiger partial charge in [-0.15, -0.1) is 0 Å². The van der Waals surface area contributed by atoms with Crippen LogP contribution in [-0.2, 0) is 16.0 Å². The molecule has 1 heterocycles. The highest BCUT2D eigenvalue weighted by molar-refractivity contribution is 6.46. The van der Waals surface area contributed by atoms with Gasteiger partial charge in [0.15, 0.2) is 0 Å². The van der Waals surface area contributed by atoms with E-state index >= 15 is 0 Å². The average molecular weight is 401 g/mol. The molecule has 3 aromatic rings. The van der Waals surface area contributed by atoms with Gasteiger partial charge in [0.05, 0.1) is 11.6 Å². The van der Waals surface area contributed by atoms with E-state index in [1.165, 1.54) is 17.0 Å². The summed E-state index contributed by atoms with van der Waals surface area (Å²) in [4.78, 5) is 27.2. The van der Waals surface area contributed by atoms with Gasteiger partial charge in [-0.25, -0.2) is 4.39 Å². The predicted octanol–water partition coefficient (Wildman–Crippen LogP) is 4.49. The van der Waals surface area contributed by atoms with Crippen molar-refractivity contribution in [3.8, 4) is 0 Å². The minimum atomic E-state index is -0.783. The van der Waals surface area contributed by atoms with Crippen molar-refractivity contribution in [2.45, 2.75) is 12.5 Å². The van der Waals surface area contributed by atoms with Gasteiger partial charge in [-0.2, -0.15) is 0 Å². The molecule has 0 radical (unpaired) electrons. The van der Waals surface area contributed by atoms with E-state index < -0.39 is 23.5 Å². The molecule has 3 aromatic carbocycles. The molecule has 1 N–H and O–H groups in total. The van der Waals surface area contributed by atoms with Crippen molar-refractivity contribution in [2.24, 2.45) is 0 Å². The summed E-state index contributed by atoms with van der Waals surface area (Å²) in [5.41, 5.74) is 2.07. The average Bonchev–Trinajstić information content (AvgIpc) is 3.04. The Labute approximate surface area is 173 Å². The first-order valence-corrected chi connectivity index (χ1v) is 9.69. The molecule has 1 fully saturated rings. The van der Waals surface area contributed by atoms with Crippen molar-refractivity contribution in [2.75, 3.05) is 6.54 Å². The fourth-order valence-corrected chi connectivity index (χ4v) is 3.75. The Kier molecular flexibility index (Phi) is 5.44. The number of carbonyl (C=O) groups is 2. The lowest BCUT2D eigenvalue weighted by Crippen LogP contribution is -2.31. The molecule has 30 heavy (non-hydrogen) atoms. The number of aliphatic hydroxyl groups excluding tert-OH is 1. The number of benzene rings is 3. The van der Waals surface area contributed by atoms with E-state index in [2.05, 4.69) is 0 Å². The number of hydrogen-bond donors (Lipinski definition) is 1. The molecule has 0 aromatic heterocycles. The summed E-state index contributed by atoms with van der Waals surface area (Å²) in [5.74, 6) is -2.05. The summed E-state index contributed by atoms with van der Waals surface area (Å²) in [6.45, 7) is 0.294. The van der Waals surface area contributed by atoms with E-state index in [1.54, 1.807) is 42.5 Å². The van der Waals surface area contributed by atoms with Crippen LogP contribution < -0.4 is 0 Å². The predicted molar refractivity (Wildman–Crippen MR) is 112 cm³/mol. The highest BCUT2D eigenvalue weighted by atomic mass is 19.1. The number of likely N-dealkylation sites (tertiary alicyclic amines) is 1. The zero-order chi connectivity index (χ0) is 21.1. The molecule has 1 saturated heterocycles. The van der Waals surface area contributed by atoms with E-state index in [0.717, 1.165) is 5.56 Å². The van der Waals surface area contributed by atoms with Crippen LogP contribution in [0.4, 0.5) is 4.39 Å². The third-order valence-corrected chi connectivity index (χ3v) is 5.26. The topological polar surface area (TPSA) is 57.6 Å². The molecular formula is C25H20FNO3. The van der Waals surface area contributed by atoms with Crippen LogP contribution in [-0.4, -0.2) is 28.2 Å². The minimum absolute atomic E-state index is 0.0193. The molecule has 1 unspecified atom stereocenters. The Morgan fingerprint density at radius 3 is 2.10 bits per heavy atom. The van der Waals surface area contributed by atoms with Gasteiger partial charge in [0, 0.05) is 12.1 Å². The van der Waals surface area contributed by atoms with E-state index in [4.69, 9.17) is 0 Å². The second-order valence-corrected chi connectivity index (χ2v) is 7.15. The van der Waals surface area contributed by atoms with Crippen LogP contribution in [0.2, 0.25) is 0 Å². The molecule has 1 amide bonds. The second-order valence-electron chi connectivity index (χ2n) is 7.15. The Balaban J connectivity index is 1.78. The maximum Gasteiger partial charge on any atom is 0.295 e. The summed E-state index contributed by atoms with van der Waals surface area (Å²) in [7, 11) is 0. The molecule has 1 aliphatic heterocycles. The van der Waals surface area contributed by atoms with Crippen LogP contribution in [0.25, 0.3) is 5.76 Å². The lowest BCUT2D eigenvalue weighted by Gasteiger charge is -2.25. The van der Waals surface area contributed by atoms with E-state index in [9.17, 15) is 19.1 Å². The Bertz CT molecular complexity index is 1090. The molecular weight excluding hydrogens is 381 g/mol. The molecule has 5 heteroatoms. The number of hydrogen-bond acceptors (Lipinski definition) is 3. The highest BCUT2D eigenvalue weighted by Crippen LogP contribution is 2.39. The maximum atomic E-state index is 13.5. The largest absolute Gasteiger partial charge is 0.507 e. The van der Waals surface area contributed by atoms with Crippen LogP contribution >= 0.6 is 0 Å². The monoisotopic (exact) mass is 401 g/mol. The van der Waals surface area contributed by atoms with Crippen molar-refractivity contribution >= 4 is 17.4 Å². The minimum Gasteiger partial charge on any atom is -0.507 e. The number of amides is 1. The first kappa shape index (κ1) is 19.6. The molecule has 0 aliphatic carbocycles. The van der Waals surface area contributed by atoms with Gasteiger partial charge in [0.25, 0.3) is 11.7 Å². The molecule has 150 valence electrons. The lowest BCUT2D eigenvalue weighted by atomic mass is 9.95. The molecule has 4 rings (SSSR count). The van der Waals surface area contributed by atoms with Gasteiger partial charge < -0.3 is 10.0 Å². The molecule has 4 nitrogen and oxygen atoms in total. The van der Waals surface area contributed by atoms with Crippen LogP contribution in [0.3, 0.4) is 0 Å². The number of aliphatic hydroxyl groups is 1. The summed E-state index contributed by atoms with van der Waals surface area (Å²) in [5, 5.41) is 10.9. The Morgan fingerprint density at radius 1 is 0.867 bits per heavy atom. The van der Waals surface area contributed by atoms with E-state index in [1.807, 2.05) is 30.3 Å². The molecule has 0 bridgehead atoms. The number of Topliss-reactive ketones (excluding diaryl/α,β-unsaturated/α-hetero) is 1. The first-order chi connectivity index (χ1) is 14.6. The van der Waals surface area contributed by atoms with E-state index in [0.29, 0.717) is 24.1 Å². The Hall–Kier alpha value is -3.73. The number of nitrogens with zero attached hydrogens (tertiary/aromatic N) is 1. The van der Waals surface area contributed by atoms with E-state index in [-0.39, 0.29) is 11.3 Å². The second kappa shape index (κ2) is 8.33. The van der Waals surface area contributed by atoms with Crippen molar-refractivity contribution in [1.29, 1.82) is 0 Å². The summed E-state index contributed by atoms with van der Waals surface area (Å²) < 4.78 is 13.5. The fraction of sp³-hybridized carbons (Fsp3) is 0.120. The number of rotatable bonds is 5. The van der Waals surface area contributed by atoms with Crippen molar-refractivity contribution < 1.29 is 19.1 Å². The summed E-state index contributed by atoms with van der Waals surface area (Å²) in [6, 6.07) is 23.1. The van der Waals surface area contributed by atoms with Crippen molar-refractivity contribution in [3.63, 3.8) is 0 Å². The fourth-order valence-electron chi connectivity index (χ4n) is 3.75. The zero-order valence-corrected chi connectivity index (χ0v) is 16.2. The molecule has 0 saturated carbocycles. The van der Waals surface area contributed by atoms with Gasteiger partial charge in [-0.3, -0.25) is 9.59 Å². The van der Waals surface area contributed by atoms with Crippen LogP contribution in [0.1, 0.15) is 22.7 Å². The van der Waals surface area contributed by atoms with Gasteiger partial charge in [-0.1, -0.05) is 72.8 Å². The quantitative estimate of drug-likeness (QED) is 0.389. The van der Waals surface area contributed by atoms with Crippen molar-refractivity contribution in [1.82, 2.24) is 4.90 Å². The zero-order valence-electron chi connectivity index (χ0n) is 16.2. The number of halogens is 1. The van der Waals surface area contributed by atoms with Crippen LogP contribution in [0.5, 0.6) is 0 Å². The molecule has 0 spiro atoms. The molecule has 1 atom stereocenters.